The van der Waals surface area contributed by atoms with Crippen molar-refractivity contribution in [2.75, 3.05) is 18.2 Å². The van der Waals surface area contributed by atoms with Crippen LogP contribution in [0.25, 0.3) is 0 Å². The van der Waals surface area contributed by atoms with E-state index in [9.17, 15) is 13.2 Å². The molecule has 2 aromatic carbocycles. The molecule has 0 atom stereocenters. The van der Waals surface area contributed by atoms with Crippen LogP contribution in [0.15, 0.2) is 52.4 Å². The summed E-state index contributed by atoms with van der Waals surface area (Å²) in [5, 5.41) is 0.470. The summed E-state index contributed by atoms with van der Waals surface area (Å²) in [7, 11) is 1.65. The fraction of sp³-hybridized carbons (Fsp3) is 0.188. The van der Waals surface area contributed by atoms with Gasteiger partial charge in [0.25, 0.3) is 0 Å². The smallest absolute Gasteiger partial charge is 0.369 e. The summed E-state index contributed by atoms with van der Waals surface area (Å²) >= 11 is 7.71. The largest absolute Gasteiger partial charge is 0.416 e. The number of alkyl halides is 3. The molecular weight excluding hydrogens is 359 g/mol. The SMILES string of the molecule is CSc1ccc(Cl)c(N(C)C(N)=Nc2cccc(C(F)(F)F)c2)c1. The van der Waals surface area contributed by atoms with Gasteiger partial charge >= 0.3 is 6.18 Å². The molecule has 0 fully saturated rings. The van der Waals surface area contributed by atoms with Gasteiger partial charge in [0.2, 0.25) is 5.96 Å². The molecule has 0 amide bonds. The second-order valence-electron chi connectivity index (χ2n) is 4.89. The van der Waals surface area contributed by atoms with Crippen molar-refractivity contribution in [1.82, 2.24) is 0 Å². The maximum atomic E-state index is 12.8. The summed E-state index contributed by atoms with van der Waals surface area (Å²) in [6, 6.07) is 10.1. The highest BCUT2D eigenvalue weighted by atomic mass is 35.5. The van der Waals surface area contributed by atoms with Crippen molar-refractivity contribution in [3.8, 4) is 0 Å². The van der Waals surface area contributed by atoms with Gasteiger partial charge in [0.05, 0.1) is 22.0 Å². The molecule has 0 radical (unpaired) electrons. The first-order chi connectivity index (χ1) is 11.2. The highest BCUT2D eigenvalue weighted by molar-refractivity contribution is 7.98. The van der Waals surface area contributed by atoms with Gasteiger partial charge in [-0.3, -0.25) is 0 Å². The van der Waals surface area contributed by atoms with E-state index in [0.29, 0.717) is 10.7 Å². The first-order valence-electron chi connectivity index (χ1n) is 6.81. The number of nitrogens with two attached hydrogens (primary N) is 1. The zero-order valence-electron chi connectivity index (χ0n) is 12.9. The van der Waals surface area contributed by atoms with Crippen LogP contribution in [0.2, 0.25) is 5.02 Å². The molecule has 2 rings (SSSR count). The van der Waals surface area contributed by atoms with E-state index in [2.05, 4.69) is 4.99 Å². The van der Waals surface area contributed by atoms with Crippen LogP contribution in [-0.2, 0) is 6.18 Å². The quantitative estimate of drug-likeness (QED) is 0.459. The Labute approximate surface area is 147 Å². The average Bonchev–Trinajstić information content (AvgIpc) is 2.54. The van der Waals surface area contributed by atoms with Gasteiger partial charge in [0, 0.05) is 11.9 Å². The predicted octanol–water partition coefficient (Wildman–Crippen LogP) is 5.16. The van der Waals surface area contributed by atoms with E-state index in [1.807, 2.05) is 18.4 Å². The number of rotatable bonds is 3. The number of halogens is 4. The fourth-order valence-electron chi connectivity index (χ4n) is 1.96. The third-order valence-electron chi connectivity index (χ3n) is 3.28. The lowest BCUT2D eigenvalue weighted by Crippen LogP contribution is -2.33. The Bertz CT molecular complexity index is 762. The topological polar surface area (TPSA) is 41.6 Å². The van der Waals surface area contributed by atoms with Crippen LogP contribution in [0.5, 0.6) is 0 Å². The number of aliphatic imine (C=N–C) groups is 1. The number of anilines is 1. The van der Waals surface area contributed by atoms with E-state index in [1.165, 1.54) is 28.8 Å². The van der Waals surface area contributed by atoms with Gasteiger partial charge in [-0.1, -0.05) is 17.7 Å². The molecule has 128 valence electrons. The van der Waals surface area contributed by atoms with Gasteiger partial charge in [-0.2, -0.15) is 13.2 Å². The summed E-state index contributed by atoms with van der Waals surface area (Å²) in [6.07, 6.45) is -2.50. The Hall–Kier alpha value is -1.86. The standard InChI is InChI=1S/C16H15ClF3N3S/c1-23(14-9-12(24-2)6-7-13(14)17)15(21)22-11-5-3-4-10(8-11)16(18,19)20/h3-9H,1-2H3,(H2,21,22). The van der Waals surface area contributed by atoms with Gasteiger partial charge in [0.15, 0.2) is 0 Å². The second-order valence-corrected chi connectivity index (χ2v) is 6.18. The van der Waals surface area contributed by atoms with Crippen LogP contribution < -0.4 is 10.6 Å². The average molecular weight is 374 g/mol. The molecule has 0 aromatic heterocycles. The van der Waals surface area contributed by atoms with Gasteiger partial charge in [-0.15, -0.1) is 11.8 Å². The lowest BCUT2D eigenvalue weighted by Gasteiger charge is -2.20. The van der Waals surface area contributed by atoms with Crippen LogP contribution in [0.4, 0.5) is 24.5 Å². The van der Waals surface area contributed by atoms with Gasteiger partial charge in [-0.25, -0.2) is 4.99 Å². The Morgan fingerprint density at radius 1 is 1.21 bits per heavy atom. The van der Waals surface area contributed by atoms with Gasteiger partial charge in [0.1, 0.15) is 0 Å². The monoisotopic (exact) mass is 373 g/mol. The number of thioether (sulfide) groups is 1. The third kappa shape index (κ3) is 4.36. The molecule has 3 nitrogen and oxygen atoms in total. The van der Waals surface area contributed by atoms with Crippen molar-refractivity contribution in [3.63, 3.8) is 0 Å². The van der Waals surface area contributed by atoms with E-state index < -0.39 is 11.7 Å². The zero-order chi connectivity index (χ0) is 17.9. The van der Waals surface area contributed by atoms with E-state index in [4.69, 9.17) is 17.3 Å². The minimum atomic E-state index is -4.43. The molecule has 0 aliphatic carbocycles. The molecule has 0 spiro atoms. The lowest BCUT2D eigenvalue weighted by atomic mass is 10.2. The second kappa shape index (κ2) is 7.36. The molecule has 8 heteroatoms. The van der Waals surface area contributed by atoms with Gasteiger partial charge < -0.3 is 10.6 Å². The molecule has 0 heterocycles. The maximum absolute atomic E-state index is 12.8. The Morgan fingerprint density at radius 2 is 1.92 bits per heavy atom. The van der Waals surface area contributed by atoms with E-state index in [1.54, 1.807) is 13.1 Å². The van der Waals surface area contributed by atoms with Crippen molar-refractivity contribution in [2.45, 2.75) is 11.1 Å². The number of nitrogens with zero attached hydrogens (tertiary/aromatic N) is 2. The van der Waals surface area contributed by atoms with Crippen molar-refractivity contribution in [1.29, 1.82) is 0 Å². The summed E-state index contributed by atoms with van der Waals surface area (Å²) in [6.45, 7) is 0. The number of benzene rings is 2. The number of hydrogen-bond donors (Lipinski definition) is 1. The summed E-state index contributed by atoms with van der Waals surface area (Å²) in [5.74, 6) is 0.0366. The zero-order valence-corrected chi connectivity index (χ0v) is 14.5. The first-order valence-corrected chi connectivity index (χ1v) is 8.41. The Morgan fingerprint density at radius 3 is 2.54 bits per heavy atom. The summed E-state index contributed by atoms with van der Waals surface area (Å²) < 4.78 is 38.3. The van der Waals surface area contributed by atoms with Crippen molar-refractivity contribution < 1.29 is 13.2 Å². The van der Waals surface area contributed by atoms with Crippen molar-refractivity contribution in [3.05, 3.63) is 53.1 Å². The summed E-state index contributed by atoms with van der Waals surface area (Å²) in [4.78, 5) is 6.57. The molecular formula is C16H15ClF3N3S. The fourth-order valence-corrected chi connectivity index (χ4v) is 2.64. The normalized spacial score (nSPS) is 12.3. The molecule has 0 aliphatic rings. The molecule has 0 aliphatic heterocycles. The first kappa shape index (κ1) is 18.5. The Kier molecular flexibility index (Phi) is 5.66. The molecule has 0 saturated carbocycles. The molecule has 0 unspecified atom stereocenters. The Balaban J connectivity index is 2.34. The van der Waals surface area contributed by atoms with Crippen molar-refractivity contribution in [2.24, 2.45) is 10.7 Å². The van der Waals surface area contributed by atoms with Crippen molar-refractivity contribution >= 4 is 40.7 Å². The molecule has 0 bridgehead atoms. The van der Waals surface area contributed by atoms with Crippen LogP contribution in [0, 0.1) is 0 Å². The number of guanidine groups is 1. The van der Waals surface area contributed by atoms with E-state index >= 15 is 0 Å². The van der Waals surface area contributed by atoms with Crippen LogP contribution in [0.1, 0.15) is 5.56 Å². The van der Waals surface area contributed by atoms with E-state index in [-0.39, 0.29) is 11.6 Å². The highest BCUT2D eigenvalue weighted by Gasteiger charge is 2.30. The lowest BCUT2D eigenvalue weighted by molar-refractivity contribution is -0.137. The molecule has 2 aromatic rings. The minimum absolute atomic E-state index is 0.0366. The van der Waals surface area contributed by atoms with E-state index in [0.717, 1.165) is 17.0 Å². The van der Waals surface area contributed by atoms with Crippen LogP contribution in [0.3, 0.4) is 0 Å². The van der Waals surface area contributed by atoms with Crippen LogP contribution in [-0.4, -0.2) is 19.3 Å². The van der Waals surface area contributed by atoms with Crippen LogP contribution >= 0.6 is 23.4 Å². The predicted molar refractivity (Wildman–Crippen MR) is 94.4 cm³/mol. The minimum Gasteiger partial charge on any atom is -0.369 e. The number of hydrogen-bond acceptors (Lipinski definition) is 2. The summed E-state index contributed by atoms with van der Waals surface area (Å²) in [5.41, 5.74) is 5.89. The molecule has 24 heavy (non-hydrogen) atoms. The highest BCUT2D eigenvalue weighted by Crippen LogP contribution is 2.32. The third-order valence-corrected chi connectivity index (χ3v) is 4.32. The maximum Gasteiger partial charge on any atom is 0.416 e. The molecule has 0 saturated heterocycles. The van der Waals surface area contributed by atoms with Gasteiger partial charge in [-0.05, 0) is 42.7 Å². The molecule has 2 N–H and O–H groups in total.